The van der Waals surface area contributed by atoms with Crippen LogP contribution in [0.1, 0.15) is 48.3 Å². The maximum Gasteiger partial charge on any atom is 0.320 e. The Labute approximate surface area is 255 Å². The van der Waals surface area contributed by atoms with E-state index in [2.05, 4.69) is 9.97 Å². The van der Waals surface area contributed by atoms with Crippen LogP contribution in [0.3, 0.4) is 0 Å². The van der Waals surface area contributed by atoms with Crippen LogP contribution in [0.2, 0.25) is 5.02 Å². The zero-order chi connectivity index (χ0) is 30.7. The molecule has 226 valence electrons. The fourth-order valence-corrected chi connectivity index (χ4v) is 5.96. The molecule has 4 bridgehead atoms. The molecule has 4 heterocycles. The number of primary amides is 1. The summed E-state index contributed by atoms with van der Waals surface area (Å²) in [7, 11) is 1.71. The third kappa shape index (κ3) is 6.51. The summed E-state index contributed by atoms with van der Waals surface area (Å²) in [6.07, 6.45) is 2.99. The van der Waals surface area contributed by atoms with Gasteiger partial charge in [-0.2, -0.15) is 0 Å². The van der Waals surface area contributed by atoms with Gasteiger partial charge in [0.1, 0.15) is 24.1 Å². The first-order valence-electron chi connectivity index (χ1n) is 14.4. The van der Waals surface area contributed by atoms with Crippen LogP contribution in [0, 0.1) is 6.92 Å². The number of para-hydroxylation sites is 1. The van der Waals surface area contributed by atoms with Crippen molar-refractivity contribution in [3.05, 3.63) is 64.9 Å². The predicted octanol–water partition coefficient (Wildman–Crippen LogP) is 4.27. The molecule has 0 unspecified atom stereocenters. The SMILES string of the molecule is Cc1cc2nc(n1)-c1ccc(c(N)c1)OC[C@@H]1CCCN1C(=O)[C@@H](N(C(N)=O)c1ccccc1Cl)CCCCN(C)C2=O. The Morgan fingerprint density at radius 2 is 1.84 bits per heavy atom. The summed E-state index contributed by atoms with van der Waals surface area (Å²) in [6, 6.07) is 11.9. The van der Waals surface area contributed by atoms with Crippen LogP contribution >= 0.6 is 11.6 Å². The molecule has 0 spiro atoms. The van der Waals surface area contributed by atoms with E-state index in [9.17, 15) is 14.4 Å². The summed E-state index contributed by atoms with van der Waals surface area (Å²) in [6.45, 7) is 2.99. The van der Waals surface area contributed by atoms with E-state index in [-0.39, 0.29) is 30.2 Å². The third-order valence-corrected chi connectivity index (χ3v) is 8.27. The minimum atomic E-state index is -0.891. The third-order valence-electron chi connectivity index (χ3n) is 7.95. The van der Waals surface area contributed by atoms with Gasteiger partial charge >= 0.3 is 6.03 Å². The zero-order valence-corrected chi connectivity index (χ0v) is 25.1. The lowest BCUT2D eigenvalue weighted by molar-refractivity contribution is -0.134. The molecular formula is C31H36ClN7O4. The molecule has 3 aromatic rings. The Kier molecular flexibility index (Phi) is 9.00. The van der Waals surface area contributed by atoms with Gasteiger partial charge in [0.05, 0.1) is 22.4 Å². The van der Waals surface area contributed by atoms with Crippen molar-refractivity contribution in [2.24, 2.45) is 5.73 Å². The van der Waals surface area contributed by atoms with Gasteiger partial charge < -0.3 is 26.0 Å². The quantitative estimate of drug-likeness (QED) is 0.415. The van der Waals surface area contributed by atoms with Crippen LogP contribution in [-0.2, 0) is 4.79 Å². The van der Waals surface area contributed by atoms with E-state index in [0.29, 0.717) is 71.6 Å². The number of nitrogen functional groups attached to an aromatic ring is 1. The lowest BCUT2D eigenvalue weighted by Gasteiger charge is -2.35. The van der Waals surface area contributed by atoms with Crippen molar-refractivity contribution >= 4 is 40.8 Å². The predicted molar refractivity (Wildman–Crippen MR) is 165 cm³/mol. The maximum atomic E-state index is 14.2. The summed E-state index contributed by atoms with van der Waals surface area (Å²) in [5.74, 6) is 0.391. The molecule has 3 aliphatic rings. The van der Waals surface area contributed by atoms with Crippen molar-refractivity contribution in [3.8, 4) is 17.1 Å². The second kappa shape index (κ2) is 12.9. The number of amides is 4. The van der Waals surface area contributed by atoms with E-state index in [1.807, 2.05) is 6.92 Å². The number of fused-ring (bicyclic) bond motifs is 10. The van der Waals surface area contributed by atoms with Gasteiger partial charge in [-0.15, -0.1) is 0 Å². The second-order valence-corrected chi connectivity index (χ2v) is 11.4. The molecule has 0 aliphatic carbocycles. The van der Waals surface area contributed by atoms with Crippen molar-refractivity contribution < 1.29 is 19.1 Å². The number of halogens is 1. The van der Waals surface area contributed by atoms with Crippen molar-refractivity contribution in [2.75, 3.05) is 37.4 Å². The molecule has 0 saturated carbocycles. The molecule has 6 rings (SSSR count). The molecule has 43 heavy (non-hydrogen) atoms. The Balaban J connectivity index is 1.51. The summed E-state index contributed by atoms with van der Waals surface area (Å²) in [5, 5.41) is 0.315. The van der Waals surface area contributed by atoms with Crippen LogP contribution in [-0.4, -0.2) is 76.4 Å². The number of hydrogen-bond donors (Lipinski definition) is 2. The van der Waals surface area contributed by atoms with E-state index >= 15 is 0 Å². The number of benzene rings is 2. The van der Waals surface area contributed by atoms with E-state index in [0.717, 1.165) is 12.8 Å². The largest absolute Gasteiger partial charge is 0.489 e. The molecular weight excluding hydrogens is 570 g/mol. The molecule has 12 heteroatoms. The number of carbonyl (C=O) groups excluding carboxylic acids is 3. The number of rotatable bonds is 2. The Bertz CT molecular complexity index is 1530. The van der Waals surface area contributed by atoms with Gasteiger partial charge in [0.2, 0.25) is 5.91 Å². The molecule has 1 saturated heterocycles. The van der Waals surface area contributed by atoms with E-state index in [1.54, 1.807) is 65.4 Å². The Morgan fingerprint density at radius 1 is 1.05 bits per heavy atom. The average molecular weight is 606 g/mol. The lowest BCUT2D eigenvalue weighted by atomic mass is 10.0. The average Bonchev–Trinajstić information content (AvgIpc) is 3.45. The van der Waals surface area contributed by atoms with Gasteiger partial charge in [-0.05, 0) is 75.4 Å². The van der Waals surface area contributed by atoms with Crippen LogP contribution < -0.4 is 21.1 Å². The molecule has 0 radical (unpaired) electrons. The molecule has 3 aliphatic heterocycles. The van der Waals surface area contributed by atoms with E-state index < -0.39 is 12.1 Å². The summed E-state index contributed by atoms with van der Waals surface area (Å²) < 4.78 is 6.13. The second-order valence-electron chi connectivity index (χ2n) is 11.0. The van der Waals surface area contributed by atoms with Gasteiger partial charge in [0.25, 0.3) is 5.91 Å². The van der Waals surface area contributed by atoms with Crippen molar-refractivity contribution in [3.63, 3.8) is 0 Å². The minimum absolute atomic E-state index is 0.219. The van der Waals surface area contributed by atoms with E-state index in [4.69, 9.17) is 27.8 Å². The smallest absolute Gasteiger partial charge is 0.320 e. The summed E-state index contributed by atoms with van der Waals surface area (Å²) in [4.78, 5) is 54.1. The highest BCUT2D eigenvalue weighted by molar-refractivity contribution is 6.34. The number of nitrogens with two attached hydrogens (primary N) is 2. The van der Waals surface area contributed by atoms with Gasteiger partial charge in [-0.3, -0.25) is 14.5 Å². The minimum Gasteiger partial charge on any atom is -0.489 e. The van der Waals surface area contributed by atoms with E-state index in [1.165, 1.54) is 4.90 Å². The van der Waals surface area contributed by atoms with Gasteiger partial charge in [-0.25, -0.2) is 14.8 Å². The van der Waals surface area contributed by atoms with Gasteiger partial charge in [0.15, 0.2) is 5.82 Å². The normalized spacial score (nSPS) is 19.7. The van der Waals surface area contributed by atoms with Crippen LogP contribution in [0.5, 0.6) is 5.75 Å². The highest BCUT2D eigenvalue weighted by Gasteiger charge is 2.38. The standard InChI is InChI=1S/C31H36ClN7O4/c1-19-16-24-29(40)37(2)14-6-5-11-26(39(31(34)42)25-10-4-3-9-22(25)32)30(41)38-15-7-8-21(38)18-43-27-13-12-20(17-23(27)33)28(35-19)36-24/h3-4,9-10,12-13,16-17,21,26H,5-8,11,14-15,18,33H2,1-2H3,(H2,34,42)/t21-,26-/m0/s1. The summed E-state index contributed by atoms with van der Waals surface area (Å²) in [5.41, 5.74) is 14.6. The number of urea groups is 1. The molecule has 1 aromatic heterocycles. The molecule has 1 fully saturated rings. The van der Waals surface area contributed by atoms with Crippen molar-refractivity contribution in [2.45, 2.75) is 51.1 Å². The zero-order valence-electron chi connectivity index (χ0n) is 24.3. The number of carbonyl (C=O) groups is 3. The monoisotopic (exact) mass is 605 g/mol. The number of hydrogen-bond acceptors (Lipinski definition) is 7. The number of ether oxygens (including phenoxy) is 1. The Morgan fingerprint density at radius 3 is 2.58 bits per heavy atom. The fourth-order valence-electron chi connectivity index (χ4n) is 5.74. The highest BCUT2D eigenvalue weighted by atomic mass is 35.5. The number of anilines is 2. The molecule has 2 aromatic carbocycles. The van der Waals surface area contributed by atoms with Gasteiger partial charge in [0, 0.05) is 31.4 Å². The maximum absolute atomic E-state index is 14.2. The lowest BCUT2D eigenvalue weighted by Crippen LogP contribution is -2.54. The molecule has 11 nitrogen and oxygen atoms in total. The van der Waals surface area contributed by atoms with Gasteiger partial charge in [-0.1, -0.05) is 23.7 Å². The number of aryl methyl sites for hydroxylation is 1. The molecule has 4 N–H and O–H groups in total. The number of aromatic nitrogens is 2. The number of nitrogens with zero attached hydrogens (tertiary/aromatic N) is 5. The highest BCUT2D eigenvalue weighted by Crippen LogP contribution is 2.32. The summed E-state index contributed by atoms with van der Waals surface area (Å²) >= 11 is 6.48. The molecule has 2 atom stereocenters. The van der Waals surface area contributed by atoms with Crippen LogP contribution in [0.4, 0.5) is 16.2 Å². The van der Waals surface area contributed by atoms with Crippen molar-refractivity contribution in [1.82, 2.24) is 19.8 Å². The first kappa shape index (κ1) is 30.1. The van der Waals surface area contributed by atoms with Crippen LogP contribution in [0.25, 0.3) is 11.4 Å². The first-order chi connectivity index (χ1) is 20.6. The van der Waals surface area contributed by atoms with Crippen LogP contribution in [0.15, 0.2) is 48.5 Å². The van der Waals surface area contributed by atoms with Crippen molar-refractivity contribution in [1.29, 1.82) is 0 Å². The first-order valence-corrected chi connectivity index (χ1v) is 14.8. The Hall–Kier alpha value is -4.38. The molecule has 4 amide bonds. The fraction of sp³-hybridized carbons (Fsp3) is 0.387. The topological polar surface area (TPSA) is 148 Å².